The lowest BCUT2D eigenvalue weighted by atomic mass is 10.2. The molecule has 1 aliphatic rings. The molecule has 1 aliphatic heterocycles. The Morgan fingerprint density at radius 3 is 2.68 bits per heavy atom. The van der Waals surface area contributed by atoms with E-state index in [1.165, 1.54) is 0 Å². The Bertz CT molecular complexity index is 821. The second-order valence-corrected chi connectivity index (χ2v) is 8.05. The third kappa shape index (κ3) is 5.29. The van der Waals surface area contributed by atoms with E-state index in [0.29, 0.717) is 28.2 Å². The quantitative estimate of drug-likeness (QED) is 0.585. The van der Waals surface area contributed by atoms with Crippen molar-refractivity contribution >= 4 is 46.2 Å². The molecule has 4 nitrogen and oxygen atoms in total. The maximum Gasteiger partial charge on any atom is 0.173 e. The molecule has 2 aromatic carbocycles. The SMILES string of the molecule is COc1cc(C)ccc1NC(=S)N(Cc1c(Cl)cccc1Cl)CC1CCCO1. The van der Waals surface area contributed by atoms with Crippen LogP contribution in [0.15, 0.2) is 36.4 Å². The Balaban J connectivity index is 1.82. The van der Waals surface area contributed by atoms with Crippen LogP contribution in [0.2, 0.25) is 10.0 Å². The molecule has 28 heavy (non-hydrogen) atoms. The number of anilines is 1. The summed E-state index contributed by atoms with van der Waals surface area (Å²) < 4.78 is 11.3. The van der Waals surface area contributed by atoms with Gasteiger partial charge in [-0.15, -0.1) is 0 Å². The monoisotopic (exact) mass is 438 g/mol. The van der Waals surface area contributed by atoms with Gasteiger partial charge in [0.15, 0.2) is 5.11 Å². The summed E-state index contributed by atoms with van der Waals surface area (Å²) in [6, 6.07) is 11.5. The first-order valence-corrected chi connectivity index (χ1v) is 10.4. The first-order chi connectivity index (χ1) is 13.5. The molecule has 2 aromatic rings. The number of hydrogen-bond acceptors (Lipinski definition) is 3. The summed E-state index contributed by atoms with van der Waals surface area (Å²) in [6.07, 6.45) is 2.22. The van der Waals surface area contributed by atoms with Crippen molar-refractivity contribution in [1.29, 1.82) is 0 Å². The standard InChI is InChI=1S/C21H24Cl2N2O2S/c1-14-8-9-19(20(11-14)26-2)24-21(28)25(12-15-5-4-10-27-15)13-16-17(22)6-3-7-18(16)23/h3,6-9,11,15H,4-5,10,12-13H2,1-2H3,(H,24,28). The fourth-order valence-electron chi connectivity index (χ4n) is 3.22. The summed E-state index contributed by atoms with van der Waals surface area (Å²) in [5, 5.41) is 5.14. The molecule has 150 valence electrons. The lowest BCUT2D eigenvalue weighted by Crippen LogP contribution is -2.39. The first-order valence-electron chi connectivity index (χ1n) is 9.23. The van der Waals surface area contributed by atoms with Crippen LogP contribution in [0.4, 0.5) is 5.69 Å². The van der Waals surface area contributed by atoms with E-state index in [2.05, 4.69) is 10.2 Å². The number of ether oxygens (including phenoxy) is 2. The molecule has 0 amide bonds. The van der Waals surface area contributed by atoms with Crippen molar-refractivity contribution in [2.24, 2.45) is 0 Å². The van der Waals surface area contributed by atoms with Gasteiger partial charge < -0.3 is 19.7 Å². The molecule has 7 heteroatoms. The molecule has 1 N–H and O–H groups in total. The molecule has 1 unspecified atom stereocenters. The molecule has 1 fully saturated rings. The van der Waals surface area contributed by atoms with E-state index in [4.69, 9.17) is 44.9 Å². The highest BCUT2D eigenvalue weighted by atomic mass is 35.5. The van der Waals surface area contributed by atoms with Gasteiger partial charge in [-0.2, -0.15) is 0 Å². The summed E-state index contributed by atoms with van der Waals surface area (Å²) >= 11 is 18.5. The van der Waals surface area contributed by atoms with Gasteiger partial charge in [0.25, 0.3) is 0 Å². The first kappa shape index (κ1) is 21.2. The van der Waals surface area contributed by atoms with Crippen molar-refractivity contribution in [3.05, 3.63) is 57.6 Å². The molecular weight excluding hydrogens is 415 g/mol. The van der Waals surface area contributed by atoms with Crippen LogP contribution >= 0.6 is 35.4 Å². The van der Waals surface area contributed by atoms with E-state index >= 15 is 0 Å². The number of hydrogen-bond donors (Lipinski definition) is 1. The molecule has 3 rings (SSSR count). The van der Waals surface area contributed by atoms with Crippen LogP contribution in [-0.2, 0) is 11.3 Å². The summed E-state index contributed by atoms with van der Waals surface area (Å²) in [5.41, 5.74) is 2.79. The minimum Gasteiger partial charge on any atom is -0.495 e. The number of benzene rings is 2. The van der Waals surface area contributed by atoms with Crippen molar-refractivity contribution in [1.82, 2.24) is 4.90 Å². The number of methoxy groups -OCH3 is 1. The highest BCUT2D eigenvalue weighted by molar-refractivity contribution is 7.80. The average Bonchev–Trinajstić information content (AvgIpc) is 3.18. The Labute approximate surface area is 181 Å². The van der Waals surface area contributed by atoms with Gasteiger partial charge in [0, 0.05) is 35.3 Å². The molecule has 0 saturated carbocycles. The number of nitrogens with one attached hydrogen (secondary N) is 1. The molecule has 1 saturated heterocycles. The molecule has 1 atom stereocenters. The maximum absolute atomic E-state index is 6.39. The second kappa shape index (κ2) is 9.79. The largest absolute Gasteiger partial charge is 0.495 e. The second-order valence-electron chi connectivity index (χ2n) is 6.85. The number of rotatable bonds is 6. The van der Waals surface area contributed by atoms with Gasteiger partial charge in [-0.25, -0.2) is 0 Å². The molecule has 0 spiro atoms. The van der Waals surface area contributed by atoms with Gasteiger partial charge in [-0.05, 0) is 61.8 Å². The van der Waals surface area contributed by atoms with E-state index in [9.17, 15) is 0 Å². The maximum atomic E-state index is 6.39. The van der Waals surface area contributed by atoms with Gasteiger partial charge in [0.2, 0.25) is 0 Å². The van der Waals surface area contributed by atoms with Crippen LogP contribution in [0, 0.1) is 6.92 Å². The predicted molar refractivity (Wildman–Crippen MR) is 120 cm³/mol. The van der Waals surface area contributed by atoms with Crippen LogP contribution in [0.25, 0.3) is 0 Å². The van der Waals surface area contributed by atoms with E-state index in [-0.39, 0.29) is 6.10 Å². The lowest BCUT2D eigenvalue weighted by molar-refractivity contribution is 0.0905. The zero-order chi connectivity index (χ0) is 20.1. The number of thiocarbonyl (C=S) groups is 1. The van der Waals surface area contributed by atoms with Crippen LogP contribution < -0.4 is 10.1 Å². The lowest BCUT2D eigenvalue weighted by Gasteiger charge is -2.29. The van der Waals surface area contributed by atoms with Crippen molar-refractivity contribution in [3.8, 4) is 5.75 Å². The Hall–Kier alpha value is -1.53. The summed E-state index contributed by atoms with van der Waals surface area (Å²) in [6.45, 7) is 3.98. The molecule has 1 heterocycles. The van der Waals surface area contributed by atoms with Crippen molar-refractivity contribution in [2.75, 3.05) is 25.6 Å². The van der Waals surface area contributed by atoms with E-state index < -0.39 is 0 Å². The molecule has 0 bridgehead atoms. The Morgan fingerprint density at radius 2 is 2.04 bits per heavy atom. The third-order valence-electron chi connectivity index (χ3n) is 4.74. The Kier molecular flexibility index (Phi) is 7.41. The number of halogens is 2. The molecular formula is C21H24Cl2N2O2S. The van der Waals surface area contributed by atoms with Crippen molar-refractivity contribution in [3.63, 3.8) is 0 Å². The van der Waals surface area contributed by atoms with Gasteiger partial charge >= 0.3 is 0 Å². The third-order valence-corrected chi connectivity index (χ3v) is 5.81. The minimum atomic E-state index is 0.140. The van der Waals surface area contributed by atoms with Crippen molar-refractivity contribution < 1.29 is 9.47 Å². The van der Waals surface area contributed by atoms with Crippen molar-refractivity contribution in [2.45, 2.75) is 32.4 Å². The fraction of sp³-hybridized carbons (Fsp3) is 0.381. The minimum absolute atomic E-state index is 0.140. The van der Waals surface area contributed by atoms with E-state index in [1.807, 2.05) is 43.3 Å². The average molecular weight is 439 g/mol. The van der Waals surface area contributed by atoms with Gasteiger partial charge in [-0.3, -0.25) is 0 Å². The Morgan fingerprint density at radius 1 is 1.29 bits per heavy atom. The predicted octanol–water partition coefficient (Wildman–Crippen LogP) is 5.69. The zero-order valence-corrected chi connectivity index (χ0v) is 18.3. The summed E-state index contributed by atoms with van der Waals surface area (Å²) in [4.78, 5) is 2.05. The molecule has 0 radical (unpaired) electrons. The normalized spacial score (nSPS) is 16.1. The zero-order valence-electron chi connectivity index (χ0n) is 16.0. The molecule has 0 aromatic heterocycles. The van der Waals surface area contributed by atoms with Gasteiger partial charge in [0.05, 0.1) is 18.9 Å². The topological polar surface area (TPSA) is 33.7 Å². The fourth-order valence-corrected chi connectivity index (χ4v) is 3.99. The highest BCUT2D eigenvalue weighted by Gasteiger charge is 2.23. The number of nitrogens with zero attached hydrogens (tertiary/aromatic N) is 1. The van der Waals surface area contributed by atoms with Crippen LogP contribution in [0.5, 0.6) is 5.75 Å². The smallest absolute Gasteiger partial charge is 0.173 e. The van der Waals surface area contributed by atoms with Crippen LogP contribution in [-0.4, -0.2) is 36.4 Å². The summed E-state index contributed by atoms with van der Waals surface area (Å²) in [5.74, 6) is 0.746. The van der Waals surface area contributed by atoms with Crippen LogP contribution in [0.1, 0.15) is 24.0 Å². The number of aryl methyl sites for hydroxylation is 1. The van der Waals surface area contributed by atoms with Gasteiger partial charge in [0.1, 0.15) is 5.75 Å². The van der Waals surface area contributed by atoms with E-state index in [1.54, 1.807) is 7.11 Å². The highest BCUT2D eigenvalue weighted by Crippen LogP contribution is 2.29. The van der Waals surface area contributed by atoms with Crippen LogP contribution in [0.3, 0.4) is 0 Å². The summed E-state index contributed by atoms with van der Waals surface area (Å²) in [7, 11) is 1.65. The van der Waals surface area contributed by atoms with Gasteiger partial charge in [-0.1, -0.05) is 35.3 Å². The van der Waals surface area contributed by atoms with E-state index in [0.717, 1.165) is 42.0 Å². The molecule has 0 aliphatic carbocycles.